The highest BCUT2D eigenvalue weighted by Crippen LogP contribution is 2.06. The summed E-state index contributed by atoms with van der Waals surface area (Å²) in [5.74, 6) is 0. The van der Waals surface area contributed by atoms with Gasteiger partial charge in [0.05, 0.1) is 12.3 Å². The number of aliphatic hydroxyl groups is 1. The second kappa shape index (κ2) is 7.33. The number of hydrogen-bond acceptors (Lipinski definition) is 4. The van der Waals surface area contributed by atoms with Crippen LogP contribution in [0, 0.1) is 6.92 Å². The first-order valence-electron chi connectivity index (χ1n) is 7.46. The Kier molecular flexibility index (Phi) is 5.47. The maximum absolute atomic E-state index is 12.1. The van der Waals surface area contributed by atoms with E-state index in [2.05, 4.69) is 16.8 Å². The molecule has 0 amide bonds. The Balaban J connectivity index is 2.26. The second-order valence-electron chi connectivity index (χ2n) is 5.37. The summed E-state index contributed by atoms with van der Waals surface area (Å²) in [6.07, 6.45) is 3.94. The SMILES string of the molecule is CCCCN(CCO)Cc1cc(=O)n2ccc(C)cc2n1. The molecule has 114 valence electrons. The molecule has 5 nitrogen and oxygen atoms in total. The molecule has 0 atom stereocenters. The maximum Gasteiger partial charge on any atom is 0.258 e. The van der Waals surface area contributed by atoms with Crippen molar-refractivity contribution in [3.05, 3.63) is 46.0 Å². The predicted octanol–water partition coefficient (Wildman–Crippen LogP) is 1.60. The van der Waals surface area contributed by atoms with E-state index in [1.54, 1.807) is 16.7 Å². The molecule has 0 bridgehead atoms. The lowest BCUT2D eigenvalue weighted by molar-refractivity contribution is 0.187. The molecular weight excluding hydrogens is 266 g/mol. The van der Waals surface area contributed by atoms with Gasteiger partial charge >= 0.3 is 0 Å². The summed E-state index contributed by atoms with van der Waals surface area (Å²) >= 11 is 0. The van der Waals surface area contributed by atoms with Gasteiger partial charge in [-0.2, -0.15) is 0 Å². The molecule has 2 aromatic rings. The Morgan fingerprint density at radius 2 is 2.14 bits per heavy atom. The van der Waals surface area contributed by atoms with Crippen molar-refractivity contribution in [1.82, 2.24) is 14.3 Å². The monoisotopic (exact) mass is 289 g/mol. The van der Waals surface area contributed by atoms with E-state index in [-0.39, 0.29) is 12.2 Å². The summed E-state index contributed by atoms with van der Waals surface area (Å²) in [6.45, 7) is 6.36. The molecule has 0 aliphatic heterocycles. The fourth-order valence-electron chi connectivity index (χ4n) is 2.36. The van der Waals surface area contributed by atoms with Crippen molar-refractivity contribution in [2.24, 2.45) is 0 Å². The minimum Gasteiger partial charge on any atom is -0.395 e. The molecule has 0 saturated heterocycles. The van der Waals surface area contributed by atoms with E-state index in [0.717, 1.165) is 30.6 Å². The molecule has 0 spiro atoms. The molecule has 2 heterocycles. The zero-order valence-electron chi connectivity index (χ0n) is 12.7. The van der Waals surface area contributed by atoms with Crippen LogP contribution in [-0.4, -0.2) is 39.1 Å². The number of unbranched alkanes of at least 4 members (excludes halogenated alkanes) is 1. The van der Waals surface area contributed by atoms with Crippen LogP contribution in [0.1, 0.15) is 31.0 Å². The number of rotatable bonds is 7. The van der Waals surface area contributed by atoms with Crippen LogP contribution < -0.4 is 5.56 Å². The average Bonchev–Trinajstić information content (AvgIpc) is 2.44. The third-order valence-electron chi connectivity index (χ3n) is 3.51. The average molecular weight is 289 g/mol. The van der Waals surface area contributed by atoms with Gasteiger partial charge in [0.25, 0.3) is 5.56 Å². The number of nitrogens with zero attached hydrogens (tertiary/aromatic N) is 3. The van der Waals surface area contributed by atoms with Crippen LogP contribution in [-0.2, 0) is 6.54 Å². The van der Waals surface area contributed by atoms with E-state index in [9.17, 15) is 4.79 Å². The molecule has 2 rings (SSSR count). The summed E-state index contributed by atoms with van der Waals surface area (Å²) in [7, 11) is 0. The smallest absolute Gasteiger partial charge is 0.258 e. The van der Waals surface area contributed by atoms with Crippen LogP contribution in [0.5, 0.6) is 0 Å². The number of pyridine rings is 1. The Hall–Kier alpha value is -1.72. The van der Waals surface area contributed by atoms with Crippen molar-refractivity contribution >= 4 is 5.65 Å². The lowest BCUT2D eigenvalue weighted by atomic mass is 10.2. The van der Waals surface area contributed by atoms with E-state index in [1.165, 1.54) is 0 Å². The number of fused-ring (bicyclic) bond motifs is 1. The van der Waals surface area contributed by atoms with Crippen LogP contribution in [0.3, 0.4) is 0 Å². The quantitative estimate of drug-likeness (QED) is 0.841. The lowest BCUT2D eigenvalue weighted by Gasteiger charge is -2.20. The van der Waals surface area contributed by atoms with Crippen LogP contribution in [0.2, 0.25) is 0 Å². The molecular formula is C16H23N3O2. The van der Waals surface area contributed by atoms with Crippen molar-refractivity contribution in [1.29, 1.82) is 0 Å². The maximum atomic E-state index is 12.1. The summed E-state index contributed by atoms with van der Waals surface area (Å²) in [5.41, 5.74) is 2.46. The molecule has 0 aromatic carbocycles. The molecule has 0 unspecified atom stereocenters. The second-order valence-corrected chi connectivity index (χ2v) is 5.37. The lowest BCUT2D eigenvalue weighted by Crippen LogP contribution is -2.29. The predicted molar refractivity (Wildman–Crippen MR) is 83.5 cm³/mol. The third kappa shape index (κ3) is 4.12. The van der Waals surface area contributed by atoms with Crippen molar-refractivity contribution < 1.29 is 5.11 Å². The fraction of sp³-hybridized carbons (Fsp3) is 0.500. The topological polar surface area (TPSA) is 57.8 Å². The van der Waals surface area contributed by atoms with Crippen LogP contribution in [0.25, 0.3) is 5.65 Å². The molecule has 0 fully saturated rings. The molecule has 5 heteroatoms. The summed E-state index contributed by atoms with van der Waals surface area (Å²) in [6, 6.07) is 5.39. The number of hydrogen-bond donors (Lipinski definition) is 1. The van der Waals surface area contributed by atoms with Gasteiger partial charge in [-0.15, -0.1) is 0 Å². The Morgan fingerprint density at radius 3 is 2.86 bits per heavy atom. The van der Waals surface area contributed by atoms with Gasteiger partial charge in [0.1, 0.15) is 5.65 Å². The van der Waals surface area contributed by atoms with Crippen molar-refractivity contribution in [2.75, 3.05) is 19.7 Å². The van der Waals surface area contributed by atoms with E-state index in [1.807, 2.05) is 19.1 Å². The van der Waals surface area contributed by atoms with E-state index >= 15 is 0 Å². The molecule has 0 radical (unpaired) electrons. The number of aliphatic hydroxyl groups excluding tert-OH is 1. The normalized spacial score (nSPS) is 11.4. The first-order chi connectivity index (χ1) is 10.1. The highest BCUT2D eigenvalue weighted by Gasteiger charge is 2.08. The Morgan fingerprint density at radius 1 is 1.33 bits per heavy atom. The van der Waals surface area contributed by atoms with Gasteiger partial charge in [0, 0.05) is 25.4 Å². The minimum atomic E-state index is -0.0607. The number of aromatic nitrogens is 2. The molecule has 21 heavy (non-hydrogen) atoms. The van der Waals surface area contributed by atoms with Crippen molar-refractivity contribution in [3.63, 3.8) is 0 Å². The molecule has 0 aliphatic rings. The zero-order chi connectivity index (χ0) is 15.2. The summed E-state index contributed by atoms with van der Waals surface area (Å²) in [4.78, 5) is 18.8. The highest BCUT2D eigenvalue weighted by molar-refractivity contribution is 5.41. The highest BCUT2D eigenvalue weighted by atomic mass is 16.3. The van der Waals surface area contributed by atoms with Gasteiger partial charge < -0.3 is 5.11 Å². The summed E-state index contributed by atoms with van der Waals surface area (Å²) in [5, 5.41) is 9.15. The van der Waals surface area contributed by atoms with Crippen LogP contribution in [0.15, 0.2) is 29.2 Å². The van der Waals surface area contributed by atoms with Gasteiger partial charge in [-0.25, -0.2) is 4.98 Å². The first kappa shape index (κ1) is 15.7. The van der Waals surface area contributed by atoms with Gasteiger partial charge in [-0.05, 0) is 37.6 Å². The van der Waals surface area contributed by atoms with Gasteiger partial charge in [-0.1, -0.05) is 13.3 Å². The first-order valence-corrected chi connectivity index (χ1v) is 7.46. The molecule has 1 N–H and O–H groups in total. The van der Waals surface area contributed by atoms with Gasteiger partial charge in [0.15, 0.2) is 0 Å². The minimum absolute atomic E-state index is 0.0607. The van der Waals surface area contributed by atoms with Crippen molar-refractivity contribution in [2.45, 2.75) is 33.2 Å². The zero-order valence-corrected chi connectivity index (χ0v) is 12.7. The Bertz CT molecular complexity index is 652. The third-order valence-corrected chi connectivity index (χ3v) is 3.51. The fourth-order valence-corrected chi connectivity index (χ4v) is 2.36. The van der Waals surface area contributed by atoms with E-state index in [4.69, 9.17) is 5.11 Å². The van der Waals surface area contributed by atoms with E-state index in [0.29, 0.717) is 18.7 Å². The van der Waals surface area contributed by atoms with Crippen LogP contribution >= 0.6 is 0 Å². The molecule has 0 saturated carbocycles. The van der Waals surface area contributed by atoms with Gasteiger partial charge in [0.2, 0.25) is 0 Å². The largest absolute Gasteiger partial charge is 0.395 e. The standard InChI is InChI=1S/C16H23N3O2/c1-3-4-6-18(8-9-20)12-14-11-16(21)19-7-5-13(2)10-15(19)17-14/h5,7,10-11,20H,3-4,6,8-9,12H2,1-2H3. The Labute approximate surface area is 124 Å². The van der Waals surface area contributed by atoms with Gasteiger partial charge in [-0.3, -0.25) is 14.1 Å². The van der Waals surface area contributed by atoms with Crippen LogP contribution in [0.4, 0.5) is 0 Å². The van der Waals surface area contributed by atoms with Crippen molar-refractivity contribution in [3.8, 4) is 0 Å². The number of aryl methyl sites for hydroxylation is 1. The van der Waals surface area contributed by atoms with E-state index < -0.39 is 0 Å². The molecule has 0 aliphatic carbocycles. The summed E-state index contributed by atoms with van der Waals surface area (Å²) < 4.78 is 1.55. The molecule has 2 aromatic heterocycles.